The smallest absolute Gasteiger partial charge is 0.0578 e. The molecule has 0 aliphatic heterocycles. The summed E-state index contributed by atoms with van der Waals surface area (Å²) in [6, 6.07) is 0. The highest BCUT2D eigenvalue weighted by Gasteiger charge is 2.16. The summed E-state index contributed by atoms with van der Waals surface area (Å²) >= 11 is 5.32. The van der Waals surface area contributed by atoms with Gasteiger partial charge in [-0.15, -0.1) is 0 Å². The molecular formula is C7H12ClNO. The maximum atomic E-state index is 5.32. The lowest BCUT2D eigenvalue weighted by atomic mass is 9.96. The molecule has 0 radical (unpaired) electrons. The third-order valence-corrected chi connectivity index (χ3v) is 2.20. The molecule has 2 nitrogen and oxygen atoms in total. The predicted octanol–water partition coefficient (Wildman–Crippen LogP) is 2.17. The summed E-state index contributed by atoms with van der Waals surface area (Å²) in [4.78, 5) is 0. The van der Waals surface area contributed by atoms with Crippen molar-refractivity contribution in [1.82, 2.24) is 0 Å². The zero-order chi connectivity index (χ0) is 7.40. The van der Waals surface area contributed by atoms with Crippen LogP contribution in [0.5, 0.6) is 0 Å². The topological polar surface area (TPSA) is 21.6 Å². The lowest BCUT2D eigenvalue weighted by Crippen LogP contribution is -2.19. The predicted molar refractivity (Wildman–Crippen MR) is 42.6 cm³/mol. The van der Waals surface area contributed by atoms with Crippen molar-refractivity contribution in [3.63, 3.8) is 0 Å². The molecule has 58 valence electrons. The Bertz CT molecular complexity index is 126. The highest BCUT2D eigenvalue weighted by Crippen LogP contribution is 2.18. The second-order valence-corrected chi connectivity index (χ2v) is 2.75. The van der Waals surface area contributed by atoms with Gasteiger partial charge in [0.1, 0.15) is 0 Å². The van der Waals surface area contributed by atoms with Crippen LogP contribution in [0.1, 0.15) is 25.7 Å². The Labute approximate surface area is 66.3 Å². The molecule has 1 fully saturated rings. The van der Waals surface area contributed by atoms with Crippen LogP contribution in [0.2, 0.25) is 0 Å². The van der Waals surface area contributed by atoms with Crippen molar-refractivity contribution in [3.05, 3.63) is 0 Å². The van der Waals surface area contributed by atoms with Gasteiger partial charge < -0.3 is 4.74 Å². The number of nitrogens with zero attached hydrogens (tertiary/aromatic N) is 1. The van der Waals surface area contributed by atoms with Crippen molar-refractivity contribution >= 4 is 17.5 Å². The molecular weight excluding hydrogens is 150 g/mol. The van der Waals surface area contributed by atoms with E-state index in [1.807, 2.05) is 0 Å². The molecule has 0 spiro atoms. The molecule has 1 aliphatic rings. The van der Waals surface area contributed by atoms with Crippen molar-refractivity contribution in [2.24, 2.45) is 4.51 Å². The fourth-order valence-electron chi connectivity index (χ4n) is 1.24. The monoisotopic (exact) mass is 161 g/mol. The average molecular weight is 162 g/mol. The van der Waals surface area contributed by atoms with Crippen molar-refractivity contribution in [2.45, 2.75) is 31.8 Å². The molecule has 3 heteroatoms. The fraction of sp³-hybridized carbons (Fsp3) is 0.857. The minimum atomic E-state index is 0.433. The van der Waals surface area contributed by atoms with Gasteiger partial charge in [0.2, 0.25) is 0 Å². The summed E-state index contributed by atoms with van der Waals surface area (Å²) in [5.74, 6) is 0. The van der Waals surface area contributed by atoms with Gasteiger partial charge in [-0.2, -0.15) is 4.51 Å². The van der Waals surface area contributed by atoms with E-state index in [9.17, 15) is 0 Å². The van der Waals surface area contributed by atoms with Gasteiger partial charge >= 0.3 is 0 Å². The van der Waals surface area contributed by atoms with Gasteiger partial charge in [0.05, 0.1) is 6.10 Å². The fourth-order valence-corrected chi connectivity index (χ4v) is 1.41. The van der Waals surface area contributed by atoms with Gasteiger partial charge in [0.15, 0.2) is 0 Å². The van der Waals surface area contributed by atoms with Crippen molar-refractivity contribution in [1.29, 1.82) is 0 Å². The van der Waals surface area contributed by atoms with E-state index in [2.05, 4.69) is 4.51 Å². The van der Waals surface area contributed by atoms with Crippen molar-refractivity contribution < 1.29 is 4.74 Å². The van der Waals surface area contributed by atoms with Crippen LogP contribution >= 0.6 is 11.8 Å². The Kier molecular flexibility index (Phi) is 3.16. The Morgan fingerprint density at radius 1 is 1.50 bits per heavy atom. The minimum Gasteiger partial charge on any atom is -0.381 e. The number of halogens is 1. The highest BCUT2D eigenvalue weighted by atomic mass is 35.5. The van der Waals surface area contributed by atoms with Crippen molar-refractivity contribution in [3.8, 4) is 0 Å². The van der Waals surface area contributed by atoms with Gasteiger partial charge in [-0.05, 0) is 25.7 Å². The molecule has 0 saturated heterocycles. The van der Waals surface area contributed by atoms with E-state index in [1.54, 1.807) is 7.11 Å². The molecule has 1 aliphatic carbocycles. The summed E-state index contributed by atoms with van der Waals surface area (Å²) in [7, 11) is 1.76. The van der Waals surface area contributed by atoms with Crippen LogP contribution in [-0.4, -0.2) is 18.9 Å². The third-order valence-electron chi connectivity index (χ3n) is 1.96. The number of ether oxygens (including phenoxy) is 1. The molecule has 1 rings (SSSR count). The van der Waals surface area contributed by atoms with Gasteiger partial charge in [0.25, 0.3) is 0 Å². The molecule has 1 saturated carbocycles. The largest absolute Gasteiger partial charge is 0.381 e. The molecule has 0 bridgehead atoms. The Morgan fingerprint density at radius 2 is 2.10 bits per heavy atom. The molecule has 0 unspecified atom stereocenters. The molecule has 0 amide bonds. The summed E-state index contributed by atoms with van der Waals surface area (Å²) in [6.45, 7) is 0. The second kappa shape index (κ2) is 3.94. The number of hydrogen-bond acceptors (Lipinski definition) is 2. The molecule has 0 N–H and O–H groups in total. The van der Waals surface area contributed by atoms with Crippen LogP contribution < -0.4 is 0 Å². The molecule has 0 atom stereocenters. The zero-order valence-corrected chi connectivity index (χ0v) is 6.90. The van der Waals surface area contributed by atoms with Gasteiger partial charge in [0, 0.05) is 24.6 Å². The maximum Gasteiger partial charge on any atom is 0.0578 e. The average Bonchev–Trinajstić information content (AvgIpc) is 2.05. The summed E-state index contributed by atoms with van der Waals surface area (Å²) in [6.07, 6.45) is 4.58. The van der Waals surface area contributed by atoms with E-state index >= 15 is 0 Å². The van der Waals surface area contributed by atoms with Crippen molar-refractivity contribution in [2.75, 3.05) is 7.11 Å². The van der Waals surface area contributed by atoms with E-state index in [0.717, 1.165) is 31.4 Å². The lowest BCUT2D eigenvalue weighted by molar-refractivity contribution is 0.0863. The number of hydrogen-bond donors (Lipinski definition) is 0. The Balaban J connectivity index is 2.31. The highest BCUT2D eigenvalue weighted by molar-refractivity contribution is 6.20. The second-order valence-electron chi connectivity index (χ2n) is 2.59. The number of methoxy groups -OCH3 is 1. The molecule has 0 heterocycles. The SMILES string of the molecule is COC1CCC(=NCl)CC1. The standard InChI is InChI=1S/C7H12ClNO/c1-10-7-4-2-6(9-8)3-5-7/h7H,2-5H2,1H3. The molecule has 0 aromatic rings. The zero-order valence-electron chi connectivity index (χ0n) is 6.14. The van der Waals surface area contributed by atoms with Gasteiger partial charge in [-0.3, -0.25) is 0 Å². The third kappa shape index (κ3) is 1.96. The lowest BCUT2D eigenvalue weighted by Gasteiger charge is -2.20. The van der Waals surface area contributed by atoms with E-state index in [-0.39, 0.29) is 0 Å². The van der Waals surface area contributed by atoms with Crippen LogP contribution in [-0.2, 0) is 4.74 Å². The van der Waals surface area contributed by atoms with E-state index in [1.165, 1.54) is 0 Å². The quantitative estimate of drug-likeness (QED) is 0.578. The van der Waals surface area contributed by atoms with E-state index in [0.29, 0.717) is 6.10 Å². The van der Waals surface area contributed by atoms with Gasteiger partial charge in [-0.1, -0.05) is 0 Å². The first-order valence-corrected chi connectivity index (χ1v) is 3.90. The normalized spacial score (nSPS) is 26.6. The van der Waals surface area contributed by atoms with Gasteiger partial charge in [-0.25, -0.2) is 0 Å². The number of rotatable bonds is 1. The van der Waals surface area contributed by atoms with Crippen LogP contribution in [0.3, 0.4) is 0 Å². The molecule has 10 heavy (non-hydrogen) atoms. The Hall–Kier alpha value is -0.0800. The first-order valence-electron chi connectivity index (χ1n) is 3.56. The van der Waals surface area contributed by atoms with E-state index < -0.39 is 0 Å². The molecule has 0 aromatic heterocycles. The first-order chi connectivity index (χ1) is 4.86. The summed E-state index contributed by atoms with van der Waals surface area (Å²) < 4.78 is 8.84. The summed E-state index contributed by atoms with van der Waals surface area (Å²) in [5.41, 5.74) is 1.12. The van der Waals surface area contributed by atoms with E-state index in [4.69, 9.17) is 16.5 Å². The first kappa shape index (κ1) is 8.02. The van der Waals surface area contributed by atoms with Crippen LogP contribution in [0.4, 0.5) is 0 Å². The Morgan fingerprint density at radius 3 is 2.50 bits per heavy atom. The van der Waals surface area contributed by atoms with Crippen LogP contribution in [0, 0.1) is 0 Å². The van der Waals surface area contributed by atoms with Crippen LogP contribution in [0.25, 0.3) is 0 Å². The maximum absolute atomic E-state index is 5.32. The molecule has 0 aromatic carbocycles. The van der Waals surface area contributed by atoms with Crippen LogP contribution in [0.15, 0.2) is 4.51 Å². The summed E-state index contributed by atoms with van der Waals surface area (Å²) in [5, 5.41) is 0. The minimum absolute atomic E-state index is 0.433.